The molecule has 0 bridgehead atoms. The Morgan fingerprint density at radius 3 is 2.47 bits per heavy atom. The van der Waals surface area contributed by atoms with Crippen LogP contribution in [-0.4, -0.2) is 10.2 Å². The van der Waals surface area contributed by atoms with Gasteiger partial charge in [-0.25, -0.2) is 0 Å². The highest BCUT2D eigenvalue weighted by Gasteiger charge is 2.08. The van der Waals surface area contributed by atoms with Crippen LogP contribution in [0.1, 0.15) is 25.7 Å². The predicted octanol–water partition coefficient (Wildman–Crippen LogP) is 2.94. The number of aromatic nitrogens is 2. The Balaban J connectivity index is 2.12. The molecule has 0 aliphatic heterocycles. The first-order valence-electron chi connectivity index (χ1n) is 4.91. The summed E-state index contributed by atoms with van der Waals surface area (Å²) < 4.78 is 5.42. The molecule has 1 aromatic carbocycles. The van der Waals surface area contributed by atoms with Gasteiger partial charge < -0.3 is 9.73 Å². The van der Waals surface area contributed by atoms with E-state index in [9.17, 15) is 0 Å². The van der Waals surface area contributed by atoms with Crippen molar-refractivity contribution in [2.75, 3.05) is 5.32 Å². The Morgan fingerprint density at radius 1 is 1.13 bits per heavy atom. The van der Waals surface area contributed by atoms with Crippen LogP contribution in [0, 0.1) is 0 Å². The molecule has 0 amide bonds. The Labute approximate surface area is 88.3 Å². The molecule has 0 spiro atoms. The summed E-state index contributed by atoms with van der Waals surface area (Å²) in [6.45, 7) is 4.03. The molecule has 0 atom stereocenters. The minimum Gasteiger partial charge on any atom is -0.408 e. The van der Waals surface area contributed by atoms with Crippen molar-refractivity contribution in [3.8, 4) is 0 Å². The second-order valence-electron chi connectivity index (χ2n) is 3.59. The van der Waals surface area contributed by atoms with Crippen molar-refractivity contribution >= 4 is 11.7 Å². The molecule has 0 fully saturated rings. The molecular formula is C11H13N3O. The third-order valence-electron chi connectivity index (χ3n) is 1.96. The smallest absolute Gasteiger partial charge is 0.320 e. The number of hydrogen-bond acceptors (Lipinski definition) is 4. The first-order chi connectivity index (χ1) is 7.25. The van der Waals surface area contributed by atoms with Crippen LogP contribution in [0.2, 0.25) is 0 Å². The van der Waals surface area contributed by atoms with Crippen LogP contribution in [0.15, 0.2) is 34.7 Å². The summed E-state index contributed by atoms with van der Waals surface area (Å²) in [4.78, 5) is 0. The monoisotopic (exact) mass is 203 g/mol. The summed E-state index contributed by atoms with van der Waals surface area (Å²) in [7, 11) is 0. The highest BCUT2D eigenvalue weighted by molar-refractivity contribution is 5.50. The maximum absolute atomic E-state index is 5.42. The van der Waals surface area contributed by atoms with E-state index in [0.717, 1.165) is 5.69 Å². The standard InChI is InChI=1S/C11H13N3O/c1-8(2)10-13-14-11(15-10)12-9-6-4-3-5-7-9/h3-8H,1-2H3,(H,12,14). The van der Waals surface area contributed by atoms with Crippen molar-refractivity contribution in [1.29, 1.82) is 0 Å². The highest BCUT2D eigenvalue weighted by atomic mass is 16.4. The van der Waals surface area contributed by atoms with Gasteiger partial charge in [0.25, 0.3) is 0 Å². The van der Waals surface area contributed by atoms with Crippen LogP contribution in [-0.2, 0) is 0 Å². The molecule has 0 aliphatic rings. The molecule has 0 radical (unpaired) electrons. The van der Waals surface area contributed by atoms with Crippen LogP contribution in [0.5, 0.6) is 0 Å². The third-order valence-corrected chi connectivity index (χ3v) is 1.96. The lowest BCUT2D eigenvalue weighted by atomic mass is 10.2. The molecule has 2 aromatic rings. The summed E-state index contributed by atoms with van der Waals surface area (Å²) in [5, 5.41) is 10.9. The summed E-state index contributed by atoms with van der Waals surface area (Å²) in [5.41, 5.74) is 0.941. The quantitative estimate of drug-likeness (QED) is 0.833. The van der Waals surface area contributed by atoms with E-state index in [2.05, 4.69) is 15.5 Å². The fourth-order valence-electron chi connectivity index (χ4n) is 1.16. The van der Waals surface area contributed by atoms with Crippen LogP contribution >= 0.6 is 0 Å². The van der Waals surface area contributed by atoms with Crippen molar-refractivity contribution in [3.63, 3.8) is 0 Å². The maximum Gasteiger partial charge on any atom is 0.320 e. The van der Waals surface area contributed by atoms with E-state index in [0.29, 0.717) is 11.9 Å². The van der Waals surface area contributed by atoms with E-state index in [1.807, 2.05) is 44.2 Å². The lowest BCUT2D eigenvalue weighted by molar-refractivity contribution is 0.483. The zero-order chi connectivity index (χ0) is 10.7. The maximum atomic E-state index is 5.42. The molecular weight excluding hydrogens is 190 g/mol. The second-order valence-corrected chi connectivity index (χ2v) is 3.59. The van der Waals surface area contributed by atoms with Gasteiger partial charge in [-0.05, 0) is 12.1 Å². The van der Waals surface area contributed by atoms with E-state index in [-0.39, 0.29) is 5.92 Å². The Kier molecular flexibility index (Phi) is 2.67. The van der Waals surface area contributed by atoms with Gasteiger partial charge >= 0.3 is 6.01 Å². The molecule has 4 nitrogen and oxygen atoms in total. The van der Waals surface area contributed by atoms with Crippen molar-refractivity contribution in [2.24, 2.45) is 0 Å². The van der Waals surface area contributed by atoms with Gasteiger partial charge in [-0.2, -0.15) is 0 Å². The number of hydrogen-bond donors (Lipinski definition) is 1. The SMILES string of the molecule is CC(C)c1nnc(Nc2ccccc2)o1. The lowest BCUT2D eigenvalue weighted by Gasteiger charge is -1.99. The van der Waals surface area contributed by atoms with Gasteiger partial charge in [0.2, 0.25) is 5.89 Å². The normalized spacial score (nSPS) is 10.6. The number of para-hydroxylation sites is 1. The van der Waals surface area contributed by atoms with Gasteiger partial charge in [0.05, 0.1) is 0 Å². The summed E-state index contributed by atoms with van der Waals surface area (Å²) in [6.07, 6.45) is 0. The van der Waals surface area contributed by atoms with E-state index in [1.165, 1.54) is 0 Å². The van der Waals surface area contributed by atoms with Crippen molar-refractivity contribution in [3.05, 3.63) is 36.2 Å². The van der Waals surface area contributed by atoms with Crippen molar-refractivity contribution in [2.45, 2.75) is 19.8 Å². The minimum absolute atomic E-state index is 0.254. The van der Waals surface area contributed by atoms with Crippen molar-refractivity contribution < 1.29 is 4.42 Å². The number of benzene rings is 1. The molecule has 0 saturated carbocycles. The van der Waals surface area contributed by atoms with Gasteiger partial charge in [-0.15, -0.1) is 5.10 Å². The number of nitrogens with zero attached hydrogens (tertiary/aromatic N) is 2. The first kappa shape index (κ1) is 9.71. The van der Waals surface area contributed by atoms with Crippen LogP contribution < -0.4 is 5.32 Å². The Hall–Kier alpha value is -1.84. The average molecular weight is 203 g/mol. The van der Waals surface area contributed by atoms with Gasteiger partial charge in [-0.3, -0.25) is 0 Å². The number of rotatable bonds is 3. The number of anilines is 2. The van der Waals surface area contributed by atoms with Gasteiger partial charge in [0.1, 0.15) is 0 Å². The Morgan fingerprint density at radius 2 is 1.87 bits per heavy atom. The molecule has 0 saturated heterocycles. The zero-order valence-electron chi connectivity index (χ0n) is 8.77. The van der Waals surface area contributed by atoms with E-state index >= 15 is 0 Å². The first-order valence-corrected chi connectivity index (χ1v) is 4.91. The summed E-state index contributed by atoms with van der Waals surface area (Å²) >= 11 is 0. The van der Waals surface area contributed by atoms with Crippen LogP contribution in [0.4, 0.5) is 11.7 Å². The zero-order valence-corrected chi connectivity index (χ0v) is 8.77. The molecule has 1 aromatic heterocycles. The van der Waals surface area contributed by atoms with Crippen LogP contribution in [0.25, 0.3) is 0 Å². The van der Waals surface area contributed by atoms with E-state index < -0.39 is 0 Å². The second kappa shape index (κ2) is 4.13. The molecule has 78 valence electrons. The highest BCUT2D eigenvalue weighted by Crippen LogP contribution is 2.18. The lowest BCUT2D eigenvalue weighted by Crippen LogP contribution is -1.88. The fourth-order valence-corrected chi connectivity index (χ4v) is 1.16. The molecule has 0 aliphatic carbocycles. The molecule has 2 rings (SSSR count). The Bertz CT molecular complexity index is 422. The fraction of sp³-hybridized carbons (Fsp3) is 0.273. The third kappa shape index (κ3) is 2.34. The average Bonchev–Trinajstić information content (AvgIpc) is 2.68. The minimum atomic E-state index is 0.254. The topological polar surface area (TPSA) is 51.0 Å². The van der Waals surface area contributed by atoms with Gasteiger partial charge in [0, 0.05) is 11.6 Å². The van der Waals surface area contributed by atoms with Crippen LogP contribution in [0.3, 0.4) is 0 Å². The van der Waals surface area contributed by atoms with E-state index in [1.54, 1.807) is 0 Å². The molecule has 1 heterocycles. The summed E-state index contributed by atoms with van der Waals surface area (Å²) in [5.74, 6) is 0.900. The molecule has 0 unspecified atom stereocenters. The van der Waals surface area contributed by atoms with Crippen molar-refractivity contribution in [1.82, 2.24) is 10.2 Å². The predicted molar refractivity (Wildman–Crippen MR) is 58.1 cm³/mol. The largest absolute Gasteiger partial charge is 0.408 e. The molecule has 1 N–H and O–H groups in total. The van der Waals surface area contributed by atoms with E-state index in [4.69, 9.17) is 4.42 Å². The molecule has 4 heteroatoms. The molecule has 15 heavy (non-hydrogen) atoms. The number of nitrogens with one attached hydrogen (secondary N) is 1. The van der Waals surface area contributed by atoms with Gasteiger partial charge in [-0.1, -0.05) is 37.1 Å². The summed E-state index contributed by atoms with van der Waals surface area (Å²) in [6, 6.07) is 10.2. The van der Waals surface area contributed by atoms with Gasteiger partial charge in [0.15, 0.2) is 0 Å².